The van der Waals surface area contributed by atoms with Gasteiger partial charge in [0.25, 0.3) is 0 Å². The third kappa shape index (κ3) is 4.93. The summed E-state index contributed by atoms with van der Waals surface area (Å²) in [4.78, 5) is 0. The first-order valence-corrected chi connectivity index (χ1v) is 7.96. The van der Waals surface area contributed by atoms with Crippen LogP contribution in [0.5, 0.6) is 11.5 Å². The van der Waals surface area contributed by atoms with Crippen LogP contribution in [0.2, 0.25) is 0 Å². The minimum atomic E-state index is -1.00. The van der Waals surface area contributed by atoms with Gasteiger partial charge in [-0.25, -0.2) is 0 Å². The van der Waals surface area contributed by atoms with Crippen LogP contribution in [-0.4, -0.2) is 27.4 Å². The Morgan fingerprint density at radius 3 is 2.35 bits per heavy atom. The number of methoxy groups -OCH3 is 2. The second kappa shape index (κ2) is 8.87. The smallest absolute Gasteiger partial charge is 0.204 e. The van der Waals surface area contributed by atoms with Gasteiger partial charge in [-0.1, -0.05) is 12.2 Å². The van der Waals surface area contributed by atoms with Crippen molar-refractivity contribution in [3.05, 3.63) is 35.9 Å². The zero-order valence-electron chi connectivity index (χ0n) is 13.7. The summed E-state index contributed by atoms with van der Waals surface area (Å²) in [5.41, 5.74) is 0. The van der Waals surface area contributed by atoms with Gasteiger partial charge in [0.1, 0.15) is 0 Å². The average molecular weight is 326 g/mol. The number of halogens is 2. The molecule has 1 aromatic carbocycles. The van der Waals surface area contributed by atoms with Crippen molar-refractivity contribution in [3.8, 4) is 11.5 Å². The molecule has 0 bridgehead atoms. The van der Waals surface area contributed by atoms with Gasteiger partial charge >= 0.3 is 0 Å². The molecule has 0 aliphatic heterocycles. The van der Waals surface area contributed by atoms with Crippen LogP contribution in [0.15, 0.2) is 24.3 Å². The first kappa shape index (κ1) is 17.7. The summed E-state index contributed by atoms with van der Waals surface area (Å²) in [5, 5.41) is 0. The normalized spacial score (nSPS) is 21.6. The van der Waals surface area contributed by atoms with Crippen LogP contribution in [0.1, 0.15) is 25.7 Å². The standard InChI is InChI=1S/C18H24F2O3/c1-21-11-3-4-13-5-7-14(8-6-13)12-23-16-10-9-15(22-2)17(19)18(16)20/h3-4,9-10,13-14H,5-8,11-12H2,1-2H3/b4-3+/t13-,14-. The van der Waals surface area contributed by atoms with Crippen molar-refractivity contribution in [1.82, 2.24) is 0 Å². The number of rotatable bonds is 7. The molecule has 1 aliphatic carbocycles. The lowest BCUT2D eigenvalue weighted by Crippen LogP contribution is -2.19. The van der Waals surface area contributed by atoms with Crippen LogP contribution < -0.4 is 9.47 Å². The molecule has 23 heavy (non-hydrogen) atoms. The zero-order valence-corrected chi connectivity index (χ0v) is 13.7. The molecule has 0 saturated heterocycles. The van der Waals surface area contributed by atoms with E-state index in [1.807, 2.05) is 0 Å². The SMILES string of the molecule is COC/C=C/[C@H]1CC[C@H](COc2ccc(OC)c(F)c2F)CC1. The van der Waals surface area contributed by atoms with Crippen molar-refractivity contribution in [2.45, 2.75) is 25.7 Å². The first-order chi connectivity index (χ1) is 11.2. The molecule has 0 amide bonds. The van der Waals surface area contributed by atoms with E-state index >= 15 is 0 Å². The van der Waals surface area contributed by atoms with E-state index in [0.717, 1.165) is 25.7 Å². The molecule has 5 heteroatoms. The van der Waals surface area contributed by atoms with Gasteiger partial charge in [-0.15, -0.1) is 0 Å². The highest BCUT2D eigenvalue weighted by Gasteiger charge is 2.21. The molecule has 0 radical (unpaired) electrons. The Kier molecular flexibility index (Phi) is 6.84. The summed E-state index contributed by atoms with van der Waals surface area (Å²) in [6, 6.07) is 2.79. The maximum Gasteiger partial charge on any atom is 0.204 e. The van der Waals surface area contributed by atoms with Crippen LogP contribution in [0.3, 0.4) is 0 Å². The van der Waals surface area contributed by atoms with E-state index in [2.05, 4.69) is 12.2 Å². The number of hydrogen-bond donors (Lipinski definition) is 0. The molecule has 0 unspecified atom stereocenters. The monoisotopic (exact) mass is 326 g/mol. The van der Waals surface area contributed by atoms with E-state index in [9.17, 15) is 8.78 Å². The van der Waals surface area contributed by atoms with Crippen molar-refractivity contribution >= 4 is 0 Å². The van der Waals surface area contributed by atoms with E-state index in [0.29, 0.717) is 25.0 Å². The minimum absolute atomic E-state index is 0.0505. The number of allylic oxidation sites excluding steroid dienone is 1. The van der Waals surface area contributed by atoms with Crippen molar-refractivity contribution in [3.63, 3.8) is 0 Å². The Morgan fingerprint density at radius 1 is 1.04 bits per heavy atom. The Morgan fingerprint density at radius 2 is 1.70 bits per heavy atom. The van der Waals surface area contributed by atoms with Crippen LogP contribution in [0.4, 0.5) is 8.78 Å². The van der Waals surface area contributed by atoms with Crippen LogP contribution in [0.25, 0.3) is 0 Å². The third-order valence-electron chi connectivity index (χ3n) is 4.27. The van der Waals surface area contributed by atoms with Crippen LogP contribution in [-0.2, 0) is 4.74 Å². The molecule has 1 aromatic rings. The predicted octanol–water partition coefficient (Wildman–Crippen LogP) is 4.36. The molecule has 128 valence electrons. The lowest BCUT2D eigenvalue weighted by Gasteiger charge is -2.26. The molecule has 0 atom stereocenters. The van der Waals surface area contributed by atoms with Crippen molar-refractivity contribution in [2.24, 2.45) is 11.8 Å². The summed E-state index contributed by atoms with van der Waals surface area (Å²) < 4.78 is 42.7. The lowest BCUT2D eigenvalue weighted by atomic mass is 9.82. The Bertz CT molecular complexity index is 523. The van der Waals surface area contributed by atoms with Crippen molar-refractivity contribution < 1.29 is 23.0 Å². The van der Waals surface area contributed by atoms with Gasteiger partial charge in [0.15, 0.2) is 11.5 Å². The van der Waals surface area contributed by atoms with Gasteiger partial charge in [-0.3, -0.25) is 0 Å². The molecular formula is C18H24F2O3. The van der Waals surface area contributed by atoms with Gasteiger partial charge < -0.3 is 14.2 Å². The Hall–Kier alpha value is -1.62. The Labute approximate surface area is 136 Å². The maximum atomic E-state index is 13.8. The molecule has 3 nitrogen and oxygen atoms in total. The number of benzene rings is 1. The molecule has 2 rings (SSSR count). The number of ether oxygens (including phenoxy) is 3. The minimum Gasteiger partial charge on any atom is -0.494 e. The summed E-state index contributed by atoms with van der Waals surface area (Å²) in [7, 11) is 2.98. The largest absolute Gasteiger partial charge is 0.494 e. The van der Waals surface area contributed by atoms with Gasteiger partial charge in [0.05, 0.1) is 20.3 Å². The van der Waals surface area contributed by atoms with E-state index in [-0.39, 0.29) is 11.5 Å². The van der Waals surface area contributed by atoms with Crippen LogP contribution >= 0.6 is 0 Å². The van der Waals surface area contributed by atoms with E-state index in [1.54, 1.807) is 7.11 Å². The van der Waals surface area contributed by atoms with Gasteiger partial charge in [-0.2, -0.15) is 8.78 Å². The van der Waals surface area contributed by atoms with Gasteiger partial charge in [-0.05, 0) is 49.7 Å². The highest BCUT2D eigenvalue weighted by atomic mass is 19.2. The molecule has 1 aliphatic rings. The van der Waals surface area contributed by atoms with Gasteiger partial charge in [0, 0.05) is 7.11 Å². The Balaban J connectivity index is 1.81. The fourth-order valence-electron chi connectivity index (χ4n) is 2.88. The second-order valence-electron chi connectivity index (χ2n) is 5.87. The lowest BCUT2D eigenvalue weighted by molar-refractivity contribution is 0.186. The van der Waals surface area contributed by atoms with E-state index in [4.69, 9.17) is 14.2 Å². The summed E-state index contributed by atoms with van der Waals surface area (Å²) in [6.45, 7) is 1.06. The quantitative estimate of drug-likeness (QED) is 0.697. The molecule has 0 heterocycles. The highest BCUT2D eigenvalue weighted by molar-refractivity contribution is 5.34. The second-order valence-corrected chi connectivity index (χ2v) is 5.87. The molecule has 1 saturated carbocycles. The molecule has 0 aromatic heterocycles. The number of hydrogen-bond acceptors (Lipinski definition) is 3. The van der Waals surface area contributed by atoms with Crippen LogP contribution in [0, 0.1) is 23.5 Å². The zero-order chi connectivity index (χ0) is 16.7. The molecule has 1 fully saturated rings. The predicted molar refractivity (Wildman–Crippen MR) is 84.9 cm³/mol. The average Bonchev–Trinajstić information content (AvgIpc) is 2.58. The van der Waals surface area contributed by atoms with E-state index in [1.165, 1.54) is 19.2 Å². The molecule has 0 N–H and O–H groups in total. The third-order valence-corrected chi connectivity index (χ3v) is 4.27. The topological polar surface area (TPSA) is 27.7 Å². The fraction of sp³-hybridized carbons (Fsp3) is 0.556. The summed E-state index contributed by atoms with van der Waals surface area (Å²) in [5.74, 6) is -1.19. The van der Waals surface area contributed by atoms with E-state index < -0.39 is 11.6 Å². The highest BCUT2D eigenvalue weighted by Crippen LogP contribution is 2.32. The summed E-state index contributed by atoms with van der Waals surface area (Å²) >= 11 is 0. The van der Waals surface area contributed by atoms with Crippen molar-refractivity contribution in [1.29, 1.82) is 0 Å². The molecule has 0 spiro atoms. The fourth-order valence-corrected chi connectivity index (χ4v) is 2.88. The molecular weight excluding hydrogens is 302 g/mol. The van der Waals surface area contributed by atoms with Crippen molar-refractivity contribution in [2.75, 3.05) is 27.4 Å². The van der Waals surface area contributed by atoms with Gasteiger partial charge in [0.2, 0.25) is 11.6 Å². The maximum absolute atomic E-state index is 13.8. The first-order valence-electron chi connectivity index (χ1n) is 7.96. The summed E-state index contributed by atoms with van der Waals surface area (Å²) in [6.07, 6.45) is 8.50.